The van der Waals surface area contributed by atoms with Crippen LogP contribution in [-0.2, 0) is 14.2 Å². The number of hydrogen-bond donors (Lipinski definition) is 1. The first-order valence-electron chi connectivity index (χ1n) is 7.14. The van der Waals surface area contributed by atoms with Crippen LogP contribution < -0.4 is 0 Å². The monoisotopic (exact) mass is 258 g/mol. The Morgan fingerprint density at radius 3 is 2.83 bits per heavy atom. The summed E-state index contributed by atoms with van der Waals surface area (Å²) in [4.78, 5) is 0. The van der Waals surface area contributed by atoms with E-state index in [0.717, 1.165) is 19.4 Å². The molecule has 106 valence electrons. The summed E-state index contributed by atoms with van der Waals surface area (Å²) in [6.07, 6.45) is 6.48. The topological polar surface area (TPSA) is 47.9 Å². The first-order valence-corrected chi connectivity index (χ1v) is 7.14. The van der Waals surface area contributed by atoms with Crippen molar-refractivity contribution in [1.29, 1.82) is 0 Å². The van der Waals surface area contributed by atoms with E-state index in [1.165, 1.54) is 25.7 Å². The Labute approximate surface area is 110 Å². The summed E-state index contributed by atoms with van der Waals surface area (Å²) in [6, 6.07) is 0. The molecule has 18 heavy (non-hydrogen) atoms. The molecule has 2 unspecified atom stereocenters. The Kier molecular flexibility index (Phi) is 5.42. The number of hydrogen-bond acceptors (Lipinski definition) is 4. The van der Waals surface area contributed by atoms with Crippen molar-refractivity contribution in [2.45, 2.75) is 50.2 Å². The molecule has 4 nitrogen and oxygen atoms in total. The third-order valence-electron chi connectivity index (χ3n) is 4.31. The lowest BCUT2D eigenvalue weighted by atomic mass is 9.82. The molecule has 2 fully saturated rings. The highest BCUT2D eigenvalue weighted by Gasteiger charge is 2.41. The van der Waals surface area contributed by atoms with E-state index >= 15 is 0 Å². The molecule has 2 rings (SSSR count). The zero-order chi connectivity index (χ0) is 12.8. The summed E-state index contributed by atoms with van der Waals surface area (Å²) in [5.74, 6) is 0.333. The van der Waals surface area contributed by atoms with E-state index in [9.17, 15) is 5.11 Å². The zero-order valence-electron chi connectivity index (χ0n) is 11.4. The fraction of sp³-hybridized carbons (Fsp3) is 1.00. The van der Waals surface area contributed by atoms with Gasteiger partial charge < -0.3 is 19.3 Å². The highest BCUT2D eigenvalue weighted by atomic mass is 16.5. The molecule has 0 aromatic rings. The van der Waals surface area contributed by atoms with Crippen LogP contribution in [-0.4, -0.2) is 50.3 Å². The van der Waals surface area contributed by atoms with Crippen molar-refractivity contribution in [1.82, 2.24) is 0 Å². The van der Waals surface area contributed by atoms with E-state index in [-0.39, 0.29) is 11.7 Å². The predicted octanol–water partition coefficient (Wildman–Crippen LogP) is 1.75. The van der Waals surface area contributed by atoms with Gasteiger partial charge in [0, 0.05) is 13.7 Å². The maximum atomic E-state index is 10.2. The van der Waals surface area contributed by atoms with Crippen molar-refractivity contribution in [3.8, 4) is 0 Å². The van der Waals surface area contributed by atoms with Gasteiger partial charge in [0.2, 0.25) is 0 Å². The number of methoxy groups -OCH3 is 1. The van der Waals surface area contributed by atoms with Crippen LogP contribution in [0.25, 0.3) is 0 Å². The molecule has 2 atom stereocenters. The molecule has 2 aliphatic rings. The van der Waals surface area contributed by atoms with Gasteiger partial charge >= 0.3 is 0 Å². The van der Waals surface area contributed by atoms with Crippen LogP contribution in [0.4, 0.5) is 0 Å². The normalized spacial score (nSPS) is 28.7. The highest BCUT2D eigenvalue weighted by Crippen LogP contribution is 2.42. The first-order chi connectivity index (χ1) is 8.76. The van der Waals surface area contributed by atoms with E-state index in [0.29, 0.717) is 25.7 Å². The summed E-state index contributed by atoms with van der Waals surface area (Å²) in [7, 11) is 1.65. The Hall–Kier alpha value is -0.160. The molecule has 1 saturated carbocycles. The SMILES string of the molecule is COCCOCC(O)C1CCOC2(CCCC2)C1. The van der Waals surface area contributed by atoms with Gasteiger partial charge in [-0.05, 0) is 31.6 Å². The molecule has 0 aromatic heterocycles. The fourth-order valence-electron chi connectivity index (χ4n) is 3.24. The van der Waals surface area contributed by atoms with E-state index in [1.54, 1.807) is 7.11 Å². The van der Waals surface area contributed by atoms with E-state index in [2.05, 4.69) is 0 Å². The average Bonchev–Trinajstić information content (AvgIpc) is 2.82. The summed E-state index contributed by atoms with van der Waals surface area (Å²) in [5, 5.41) is 10.2. The molecule has 0 bridgehead atoms. The lowest BCUT2D eigenvalue weighted by molar-refractivity contribution is -0.122. The lowest BCUT2D eigenvalue weighted by Crippen LogP contribution is -2.42. The molecule has 1 spiro atoms. The predicted molar refractivity (Wildman–Crippen MR) is 68.6 cm³/mol. The molecule has 0 amide bonds. The molecule has 4 heteroatoms. The second-order valence-corrected chi connectivity index (χ2v) is 5.63. The van der Waals surface area contributed by atoms with Crippen molar-refractivity contribution in [2.24, 2.45) is 5.92 Å². The standard InChI is InChI=1S/C14H26O4/c1-16-8-9-17-11-13(15)12-4-7-18-14(10-12)5-2-3-6-14/h12-13,15H,2-11H2,1H3. The van der Waals surface area contributed by atoms with Gasteiger partial charge in [-0.3, -0.25) is 0 Å². The minimum absolute atomic E-state index is 0.0798. The van der Waals surface area contributed by atoms with Gasteiger partial charge in [-0.1, -0.05) is 12.8 Å². The quantitative estimate of drug-likeness (QED) is 0.737. The van der Waals surface area contributed by atoms with Gasteiger partial charge in [0.05, 0.1) is 31.5 Å². The second-order valence-electron chi connectivity index (χ2n) is 5.63. The van der Waals surface area contributed by atoms with Crippen molar-refractivity contribution < 1.29 is 19.3 Å². The van der Waals surface area contributed by atoms with Crippen LogP contribution in [0.1, 0.15) is 38.5 Å². The second kappa shape index (κ2) is 6.85. The molecule has 0 aromatic carbocycles. The van der Waals surface area contributed by atoms with Crippen molar-refractivity contribution in [2.75, 3.05) is 33.5 Å². The van der Waals surface area contributed by atoms with Crippen LogP contribution >= 0.6 is 0 Å². The van der Waals surface area contributed by atoms with E-state index in [4.69, 9.17) is 14.2 Å². The molecule has 1 aliphatic carbocycles. The Morgan fingerprint density at radius 2 is 2.11 bits per heavy atom. The van der Waals surface area contributed by atoms with Crippen molar-refractivity contribution in [3.05, 3.63) is 0 Å². The van der Waals surface area contributed by atoms with E-state index in [1.807, 2.05) is 0 Å². The lowest BCUT2D eigenvalue weighted by Gasteiger charge is -2.40. The Morgan fingerprint density at radius 1 is 1.33 bits per heavy atom. The van der Waals surface area contributed by atoms with Gasteiger partial charge in [0.15, 0.2) is 0 Å². The van der Waals surface area contributed by atoms with Crippen LogP contribution in [0, 0.1) is 5.92 Å². The molecule has 1 N–H and O–H groups in total. The van der Waals surface area contributed by atoms with E-state index < -0.39 is 0 Å². The number of ether oxygens (including phenoxy) is 3. The van der Waals surface area contributed by atoms with Gasteiger partial charge in [0.1, 0.15) is 0 Å². The molecule has 1 saturated heterocycles. The maximum absolute atomic E-state index is 10.2. The number of rotatable bonds is 6. The first kappa shape index (κ1) is 14.3. The van der Waals surface area contributed by atoms with Crippen LogP contribution in [0.2, 0.25) is 0 Å². The Bertz CT molecular complexity index is 238. The minimum atomic E-state index is -0.358. The minimum Gasteiger partial charge on any atom is -0.390 e. The molecular weight excluding hydrogens is 232 g/mol. The number of aliphatic hydroxyl groups excluding tert-OH is 1. The number of aliphatic hydroxyl groups is 1. The maximum Gasteiger partial charge on any atom is 0.0803 e. The third kappa shape index (κ3) is 3.67. The largest absolute Gasteiger partial charge is 0.390 e. The summed E-state index contributed by atoms with van der Waals surface area (Å²) in [5.41, 5.74) is 0.0798. The fourth-order valence-corrected chi connectivity index (χ4v) is 3.24. The molecular formula is C14H26O4. The van der Waals surface area contributed by atoms with Crippen LogP contribution in [0.3, 0.4) is 0 Å². The summed E-state index contributed by atoms with van der Waals surface area (Å²) >= 11 is 0. The van der Waals surface area contributed by atoms with Gasteiger partial charge in [-0.25, -0.2) is 0 Å². The van der Waals surface area contributed by atoms with Crippen molar-refractivity contribution >= 4 is 0 Å². The average molecular weight is 258 g/mol. The third-order valence-corrected chi connectivity index (χ3v) is 4.31. The molecule has 1 aliphatic heterocycles. The van der Waals surface area contributed by atoms with Crippen LogP contribution in [0.5, 0.6) is 0 Å². The summed E-state index contributed by atoms with van der Waals surface area (Å²) < 4.78 is 16.3. The van der Waals surface area contributed by atoms with Gasteiger partial charge in [-0.2, -0.15) is 0 Å². The van der Waals surface area contributed by atoms with Gasteiger partial charge in [0.25, 0.3) is 0 Å². The Balaban J connectivity index is 1.74. The molecule has 0 radical (unpaired) electrons. The zero-order valence-corrected chi connectivity index (χ0v) is 11.4. The summed E-state index contributed by atoms with van der Waals surface area (Å²) in [6.45, 7) is 2.36. The van der Waals surface area contributed by atoms with Gasteiger partial charge in [-0.15, -0.1) is 0 Å². The molecule has 1 heterocycles. The smallest absolute Gasteiger partial charge is 0.0803 e. The van der Waals surface area contributed by atoms with Crippen molar-refractivity contribution in [3.63, 3.8) is 0 Å². The van der Waals surface area contributed by atoms with Crippen LogP contribution in [0.15, 0.2) is 0 Å². The highest BCUT2D eigenvalue weighted by molar-refractivity contribution is 4.92.